The summed E-state index contributed by atoms with van der Waals surface area (Å²) in [5.41, 5.74) is 2.10. The van der Waals surface area contributed by atoms with E-state index in [0.29, 0.717) is 12.1 Å². The van der Waals surface area contributed by atoms with Crippen molar-refractivity contribution in [3.63, 3.8) is 0 Å². The lowest BCUT2D eigenvalue weighted by molar-refractivity contribution is -0.121. The van der Waals surface area contributed by atoms with Gasteiger partial charge in [-0.25, -0.2) is 18.1 Å². The van der Waals surface area contributed by atoms with Crippen LogP contribution in [0.3, 0.4) is 0 Å². The van der Waals surface area contributed by atoms with Gasteiger partial charge >= 0.3 is 0 Å². The first-order valence-electron chi connectivity index (χ1n) is 9.24. The summed E-state index contributed by atoms with van der Waals surface area (Å²) in [6.45, 7) is 0.198. The van der Waals surface area contributed by atoms with Gasteiger partial charge in [-0.15, -0.1) is 11.3 Å². The second kappa shape index (κ2) is 8.42. The van der Waals surface area contributed by atoms with Crippen molar-refractivity contribution in [3.05, 3.63) is 59.9 Å². The summed E-state index contributed by atoms with van der Waals surface area (Å²) in [6, 6.07) is 9.48. The van der Waals surface area contributed by atoms with Crippen molar-refractivity contribution < 1.29 is 18.0 Å². The first-order valence-corrected chi connectivity index (χ1v) is 11.6. The van der Waals surface area contributed by atoms with Gasteiger partial charge in [0, 0.05) is 49.1 Å². The summed E-state index contributed by atoms with van der Waals surface area (Å²) in [7, 11) is -3.72. The van der Waals surface area contributed by atoms with Crippen LogP contribution in [-0.4, -0.2) is 36.7 Å². The number of hydrogen-bond acceptors (Lipinski definition) is 7. The van der Waals surface area contributed by atoms with Crippen LogP contribution in [0.4, 0.5) is 5.69 Å². The molecule has 10 heteroatoms. The number of sulfonamides is 1. The molecule has 1 N–H and O–H groups in total. The zero-order valence-electron chi connectivity index (χ0n) is 15.8. The van der Waals surface area contributed by atoms with Crippen molar-refractivity contribution in [2.24, 2.45) is 0 Å². The number of amides is 2. The molecule has 0 atom stereocenters. The van der Waals surface area contributed by atoms with Gasteiger partial charge in [0.05, 0.1) is 16.3 Å². The summed E-state index contributed by atoms with van der Waals surface area (Å²) >= 11 is 1.48. The van der Waals surface area contributed by atoms with Crippen LogP contribution in [0, 0.1) is 0 Å². The molecule has 2 amide bonds. The Bertz CT molecular complexity index is 1160. The molecule has 0 bridgehead atoms. The highest BCUT2D eigenvalue weighted by molar-refractivity contribution is 7.89. The average molecular weight is 443 g/mol. The molecule has 1 saturated heterocycles. The van der Waals surface area contributed by atoms with Gasteiger partial charge < -0.3 is 0 Å². The number of thiazole rings is 1. The lowest BCUT2D eigenvalue weighted by atomic mass is 10.3. The summed E-state index contributed by atoms with van der Waals surface area (Å²) in [5.74, 6) is -0.551. The SMILES string of the molecule is O=C1CCC(=O)N1c1ccc(S(=O)(=O)NCCc2csc(-c3cccnc3)n2)cc1. The second-order valence-electron chi connectivity index (χ2n) is 6.65. The van der Waals surface area contributed by atoms with E-state index in [2.05, 4.69) is 14.7 Å². The number of carbonyl (C=O) groups excluding carboxylic acids is 2. The lowest BCUT2D eigenvalue weighted by Crippen LogP contribution is -2.29. The zero-order chi connectivity index (χ0) is 21.1. The Morgan fingerprint density at radius 1 is 1.07 bits per heavy atom. The minimum atomic E-state index is -3.72. The third-order valence-corrected chi connectivity index (χ3v) is 7.01. The number of imide groups is 1. The second-order valence-corrected chi connectivity index (χ2v) is 9.28. The van der Waals surface area contributed by atoms with Crippen molar-refractivity contribution in [1.29, 1.82) is 0 Å². The van der Waals surface area contributed by atoms with Gasteiger partial charge in [-0.3, -0.25) is 19.5 Å². The molecule has 1 fully saturated rings. The number of carbonyl (C=O) groups is 2. The molecule has 3 heterocycles. The van der Waals surface area contributed by atoms with E-state index in [0.717, 1.165) is 21.2 Å². The number of pyridine rings is 1. The summed E-state index contributed by atoms with van der Waals surface area (Å²) in [4.78, 5) is 33.4. The Morgan fingerprint density at radius 3 is 2.47 bits per heavy atom. The molecular weight excluding hydrogens is 424 g/mol. The van der Waals surface area contributed by atoms with E-state index in [1.807, 2.05) is 17.5 Å². The van der Waals surface area contributed by atoms with Gasteiger partial charge in [-0.05, 0) is 36.4 Å². The smallest absolute Gasteiger partial charge is 0.240 e. The highest BCUT2D eigenvalue weighted by Crippen LogP contribution is 2.24. The van der Waals surface area contributed by atoms with Gasteiger partial charge in [0.1, 0.15) is 5.01 Å². The third kappa shape index (κ3) is 4.30. The van der Waals surface area contributed by atoms with Gasteiger partial charge in [0.2, 0.25) is 21.8 Å². The van der Waals surface area contributed by atoms with E-state index in [-0.39, 0.29) is 36.1 Å². The van der Waals surface area contributed by atoms with Crippen LogP contribution in [0.1, 0.15) is 18.5 Å². The van der Waals surface area contributed by atoms with Crippen LogP contribution in [0.2, 0.25) is 0 Å². The van der Waals surface area contributed by atoms with Crippen LogP contribution in [0.15, 0.2) is 59.1 Å². The Morgan fingerprint density at radius 2 is 1.80 bits per heavy atom. The Labute approximate surface area is 177 Å². The molecule has 1 aromatic carbocycles. The van der Waals surface area contributed by atoms with Crippen molar-refractivity contribution in [3.8, 4) is 10.6 Å². The van der Waals surface area contributed by atoms with E-state index >= 15 is 0 Å². The quantitative estimate of drug-likeness (QED) is 0.563. The monoisotopic (exact) mass is 442 g/mol. The minimum Gasteiger partial charge on any atom is -0.274 e. The largest absolute Gasteiger partial charge is 0.274 e. The maximum Gasteiger partial charge on any atom is 0.240 e. The van der Waals surface area contributed by atoms with E-state index in [1.165, 1.54) is 35.6 Å². The van der Waals surface area contributed by atoms with Crippen molar-refractivity contribution >= 4 is 38.9 Å². The standard InChI is InChI=1S/C20H18N4O4S2/c25-18-7-8-19(26)24(18)16-3-5-17(6-4-16)30(27,28)22-11-9-15-13-29-20(23-15)14-2-1-10-21-12-14/h1-6,10,12-13,22H,7-9,11H2. The first kappa shape index (κ1) is 20.3. The lowest BCUT2D eigenvalue weighted by Gasteiger charge is -2.14. The number of hydrogen-bond donors (Lipinski definition) is 1. The van der Waals surface area contributed by atoms with Crippen molar-refractivity contribution in [1.82, 2.24) is 14.7 Å². The highest BCUT2D eigenvalue weighted by atomic mass is 32.2. The van der Waals surface area contributed by atoms with Gasteiger partial charge in [0.15, 0.2) is 0 Å². The number of rotatable bonds is 7. The van der Waals surface area contributed by atoms with Crippen LogP contribution < -0.4 is 9.62 Å². The molecule has 0 unspecified atom stereocenters. The van der Waals surface area contributed by atoms with Crippen molar-refractivity contribution in [2.75, 3.05) is 11.4 Å². The van der Waals surface area contributed by atoms with Gasteiger partial charge in [-0.1, -0.05) is 0 Å². The number of aromatic nitrogens is 2. The van der Waals surface area contributed by atoms with Crippen LogP contribution >= 0.6 is 11.3 Å². The topological polar surface area (TPSA) is 109 Å². The zero-order valence-corrected chi connectivity index (χ0v) is 17.4. The third-order valence-electron chi connectivity index (χ3n) is 4.59. The molecule has 0 aliphatic carbocycles. The fourth-order valence-corrected chi connectivity index (χ4v) is 4.96. The Balaban J connectivity index is 1.37. The molecule has 1 aliphatic rings. The summed E-state index contributed by atoms with van der Waals surface area (Å²) < 4.78 is 27.6. The molecule has 8 nitrogen and oxygen atoms in total. The van der Waals surface area contributed by atoms with Gasteiger partial charge in [0.25, 0.3) is 0 Å². The minimum absolute atomic E-state index is 0.0691. The Kier molecular flexibility index (Phi) is 5.71. The maximum atomic E-state index is 12.5. The van der Waals surface area contributed by atoms with Crippen LogP contribution in [-0.2, 0) is 26.0 Å². The molecule has 2 aromatic heterocycles. The molecule has 0 saturated carbocycles. The average Bonchev–Trinajstić information content (AvgIpc) is 3.35. The van der Waals surface area contributed by atoms with Gasteiger partial charge in [-0.2, -0.15) is 0 Å². The molecule has 0 spiro atoms. The van der Waals surface area contributed by atoms with E-state index in [4.69, 9.17) is 0 Å². The molecule has 4 rings (SSSR count). The van der Waals surface area contributed by atoms with Crippen molar-refractivity contribution in [2.45, 2.75) is 24.2 Å². The van der Waals surface area contributed by atoms with E-state index in [9.17, 15) is 18.0 Å². The number of nitrogens with zero attached hydrogens (tertiary/aromatic N) is 3. The predicted octanol–water partition coefficient (Wildman–Crippen LogP) is 2.38. The first-order chi connectivity index (χ1) is 14.4. The molecule has 0 radical (unpaired) electrons. The highest BCUT2D eigenvalue weighted by Gasteiger charge is 2.30. The van der Waals surface area contributed by atoms with Crippen LogP contribution in [0.5, 0.6) is 0 Å². The number of anilines is 1. The summed E-state index contributed by atoms with van der Waals surface area (Å²) in [6.07, 6.45) is 4.24. The molecule has 154 valence electrons. The van der Waals surface area contributed by atoms with E-state index < -0.39 is 10.0 Å². The molecule has 1 aliphatic heterocycles. The molecular formula is C20H18N4O4S2. The Hall–Kier alpha value is -2.95. The normalized spacial score (nSPS) is 14.5. The summed E-state index contributed by atoms with van der Waals surface area (Å²) in [5, 5.41) is 2.73. The molecule has 3 aromatic rings. The van der Waals surface area contributed by atoms with E-state index in [1.54, 1.807) is 12.4 Å². The number of nitrogens with one attached hydrogen (secondary N) is 1. The molecule has 30 heavy (non-hydrogen) atoms. The fourth-order valence-electron chi connectivity index (χ4n) is 3.08. The van der Waals surface area contributed by atoms with Crippen LogP contribution in [0.25, 0.3) is 10.6 Å². The fraction of sp³-hybridized carbons (Fsp3) is 0.200. The maximum absolute atomic E-state index is 12.5. The predicted molar refractivity (Wildman–Crippen MR) is 112 cm³/mol. The number of benzene rings is 1.